The molecule has 10 heteroatoms. The van der Waals surface area contributed by atoms with E-state index in [9.17, 15) is 27.4 Å². The molecule has 0 saturated carbocycles. The SMILES string of the molecule is Cc1ccc(S(=O)(=O)O)c(-c2c(Cc3ccccc3)c(=O)n(C)c3c2c(=O)n(-c2ccccc2)c(=O)n3-c2ccccc2)c1. The second-order valence-electron chi connectivity index (χ2n) is 10.5. The Morgan fingerprint density at radius 2 is 1.25 bits per heavy atom. The molecular formula is C34H27N3O6S. The molecule has 0 amide bonds. The lowest BCUT2D eigenvalue weighted by molar-refractivity contribution is 0.483. The van der Waals surface area contributed by atoms with Crippen molar-refractivity contribution in [2.24, 2.45) is 7.05 Å². The second-order valence-corrected chi connectivity index (χ2v) is 11.9. The highest BCUT2D eigenvalue weighted by Crippen LogP contribution is 2.35. The van der Waals surface area contributed by atoms with Gasteiger partial charge >= 0.3 is 5.69 Å². The molecule has 6 rings (SSSR count). The molecule has 0 aliphatic rings. The number of para-hydroxylation sites is 2. The van der Waals surface area contributed by atoms with E-state index in [1.165, 1.54) is 34.4 Å². The van der Waals surface area contributed by atoms with Crippen LogP contribution in [0.2, 0.25) is 0 Å². The average Bonchev–Trinajstić information content (AvgIpc) is 3.01. The highest BCUT2D eigenvalue weighted by Gasteiger charge is 2.29. The van der Waals surface area contributed by atoms with Crippen molar-refractivity contribution < 1.29 is 13.0 Å². The van der Waals surface area contributed by atoms with Crippen molar-refractivity contribution in [2.75, 3.05) is 0 Å². The largest absolute Gasteiger partial charge is 0.341 e. The number of aryl methyl sites for hydroxylation is 2. The average molecular weight is 606 g/mol. The molecule has 0 atom stereocenters. The molecule has 6 aromatic rings. The molecule has 0 saturated heterocycles. The first-order valence-corrected chi connectivity index (χ1v) is 15.2. The smallest absolute Gasteiger partial charge is 0.296 e. The Morgan fingerprint density at radius 3 is 1.82 bits per heavy atom. The van der Waals surface area contributed by atoms with Crippen LogP contribution in [0.3, 0.4) is 0 Å². The van der Waals surface area contributed by atoms with E-state index < -0.39 is 31.8 Å². The van der Waals surface area contributed by atoms with E-state index in [1.54, 1.807) is 67.6 Å². The number of fused-ring (bicyclic) bond motifs is 1. The van der Waals surface area contributed by atoms with Crippen molar-refractivity contribution in [2.45, 2.75) is 18.2 Å². The third-order valence-corrected chi connectivity index (χ3v) is 8.51. The summed E-state index contributed by atoms with van der Waals surface area (Å²) in [5.41, 5.74) is 0.203. The summed E-state index contributed by atoms with van der Waals surface area (Å²) in [4.78, 5) is 42.8. The molecule has 0 unspecified atom stereocenters. The Labute approximate surface area is 252 Å². The van der Waals surface area contributed by atoms with E-state index in [-0.39, 0.29) is 39.8 Å². The van der Waals surface area contributed by atoms with Crippen LogP contribution in [-0.2, 0) is 23.6 Å². The maximum Gasteiger partial charge on any atom is 0.341 e. The number of hydrogen-bond acceptors (Lipinski definition) is 5. The van der Waals surface area contributed by atoms with Crippen LogP contribution in [0.1, 0.15) is 16.7 Å². The summed E-state index contributed by atoms with van der Waals surface area (Å²) in [7, 11) is -3.33. The van der Waals surface area contributed by atoms with Gasteiger partial charge in [-0.15, -0.1) is 0 Å². The first-order chi connectivity index (χ1) is 21.1. The molecule has 9 nitrogen and oxygen atoms in total. The van der Waals surface area contributed by atoms with Crippen molar-refractivity contribution in [1.82, 2.24) is 13.7 Å². The fourth-order valence-electron chi connectivity index (χ4n) is 5.63. The van der Waals surface area contributed by atoms with Crippen LogP contribution in [0.5, 0.6) is 0 Å². The lowest BCUT2D eigenvalue weighted by Gasteiger charge is -2.22. The molecule has 0 radical (unpaired) electrons. The van der Waals surface area contributed by atoms with E-state index in [2.05, 4.69) is 0 Å². The van der Waals surface area contributed by atoms with Gasteiger partial charge in [-0.1, -0.05) is 78.4 Å². The van der Waals surface area contributed by atoms with Gasteiger partial charge < -0.3 is 0 Å². The zero-order valence-electron chi connectivity index (χ0n) is 23.8. The van der Waals surface area contributed by atoms with E-state index in [0.717, 1.165) is 10.1 Å². The van der Waals surface area contributed by atoms with Crippen LogP contribution in [0.4, 0.5) is 0 Å². The van der Waals surface area contributed by atoms with Crippen molar-refractivity contribution in [3.05, 3.63) is 157 Å². The van der Waals surface area contributed by atoms with E-state index in [0.29, 0.717) is 11.3 Å². The molecular weight excluding hydrogens is 578 g/mol. The Balaban J connectivity index is 1.94. The third kappa shape index (κ3) is 4.89. The molecule has 44 heavy (non-hydrogen) atoms. The van der Waals surface area contributed by atoms with Crippen LogP contribution < -0.4 is 16.8 Å². The normalized spacial score (nSPS) is 11.6. The molecule has 220 valence electrons. The number of pyridine rings is 1. The lowest BCUT2D eigenvalue weighted by atomic mass is 9.92. The van der Waals surface area contributed by atoms with Crippen molar-refractivity contribution >= 4 is 21.2 Å². The fraction of sp³-hybridized carbons (Fsp3) is 0.0882. The molecule has 0 bridgehead atoms. The van der Waals surface area contributed by atoms with E-state index >= 15 is 0 Å². The summed E-state index contributed by atoms with van der Waals surface area (Å²) in [6.45, 7) is 1.74. The fourth-order valence-corrected chi connectivity index (χ4v) is 6.31. The first kappa shape index (κ1) is 28.8. The van der Waals surface area contributed by atoms with Gasteiger partial charge in [-0.3, -0.25) is 18.7 Å². The Kier molecular flexibility index (Phi) is 7.24. The van der Waals surface area contributed by atoms with Gasteiger partial charge in [-0.2, -0.15) is 8.42 Å². The van der Waals surface area contributed by atoms with Crippen molar-refractivity contribution in [3.8, 4) is 22.5 Å². The Bertz CT molecular complexity index is 2340. The van der Waals surface area contributed by atoms with Crippen LogP contribution >= 0.6 is 0 Å². The van der Waals surface area contributed by atoms with Gasteiger partial charge in [-0.05, 0) is 48.9 Å². The summed E-state index contributed by atoms with van der Waals surface area (Å²) in [5, 5.41) is -0.0548. The molecule has 0 aliphatic carbocycles. The minimum atomic E-state index is -4.81. The van der Waals surface area contributed by atoms with E-state index in [4.69, 9.17) is 0 Å². The Morgan fingerprint density at radius 1 is 0.705 bits per heavy atom. The summed E-state index contributed by atoms with van der Waals surface area (Å²) in [5.74, 6) is 0. The van der Waals surface area contributed by atoms with Crippen molar-refractivity contribution in [1.29, 1.82) is 0 Å². The van der Waals surface area contributed by atoms with Gasteiger partial charge in [-0.25, -0.2) is 13.9 Å². The minimum absolute atomic E-state index is 0.0158. The maximum atomic E-state index is 14.7. The zero-order valence-corrected chi connectivity index (χ0v) is 24.7. The monoisotopic (exact) mass is 605 g/mol. The molecule has 0 spiro atoms. The van der Waals surface area contributed by atoms with Gasteiger partial charge in [0.15, 0.2) is 0 Å². The molecule has 0 fully saturated rings. The maximum absolute atomic E-state index is 14.7. The van der Waals surface area contributed by atoms with Gasteiger partial charge in [0.05, 0.1) is 16.8 Å². The van der Waals surface area contributed by atoms with Gasteiger partial charge in [0, 0.05) is 30.2 Å². The summed E-state index contributed by atoms with van der Waals surface area (Å²) < 4.78 is 39.4. The number of aromatic nitrogens is 3. The predicted octanol–water partition coefficient (Wildman–Crippen LogP) is 4.65. The Hall–Kier alpha value is -5.32. The summed E-state index contributed by atoms with van der Waals surface area (Å²) in [6.07, 6.45) is 0.0485. The minimum Gasteiger partial charge on any atom is -0.296 e. The number of hydrogen-bond donors (Lipinski definition) is 1. The number of rotatable bonds is 6. The molecule has 2 aromatic heterocycles. The van der Waals surface area contributed by atoms with Crippen molar-refractivity contribution in [3.63, 3.8) is 0 Å². The predicted molar refractivity (Wildman–Crippen MR) is 170 cm³/mol. The highest BCUT2D eigenvalue weighted by molar-refractivity contribution is 7.86. The summed E-state index contributed by atoms with van der Waals surface area (Å²) >= 11 is 0. The molecule has 0 aliphatic heterocycles. The van der Waals surface area contributed by atoms with Gasteiger partial charge in [0.1, 0.15) is 10.5 Å². The molecule has 2 heterocycles. The van der Waals surface area contributed by atoms with E-state index in [1.807, 2.05) is 30.3 Å². The van der Waals surface area contributed by atoms with Gasteiger partial charge in [0.2, 0.25) is 0 Å². The number of nitrogens with zero attached hydrogens (tertiary/aromatic N) is 3. The quantitative estimate of drug-likeness (QED) is 0.276. The zero-order chi connectivity index (χ0) is 31.2. The van der Waals surface area contributed by atoms with Crippen LogP contribution in [-0.4, -0.2) is 26.7 Å². The van der Waals surface area contributed by atoms with Crippen LogP contribution in [0.25, 0.3) is 33.5 Å². The first-order valence-electron chi connectivity index (χ1n) is 13.7. The van der Waals surface area contributed by atoms with Gasteiger partial charge in [0.25, 0.3) is 21.2 Å². The second kappa shape index (κ2) is 11.1. The molecule has 4 aromatic carbocycles. The van der Waals surface area contributed by atoms with Crippen LogP contribution in [0, 0.1) is 6.92 Å². The topological polar surface area (TPSA) is 120 Å². The third-order valence-electron chi connectivity index (χ3n) is 7.60. The van der Waals surface area contributed by atoms with Crippen LogP contribution in [0.15, 0.2) is 128 Å². The lowest BCUT2D eigenvalue weighted by Crippen LogP contribution is -2.41. The summed E-state index contributed by atoms with van der Waals surface area (Å²) in [6, 6.07) is 30.4. The highest BCUT2D eigenvalue weighted by atomic mass is 32.2. The number of benzene rings is 4. The standard InChI is InChI=1S/C34H27N3O6S/c1-22-18-19-28(44(41,42)43)26(20-22)29-27(21-23-12-6-3-7-13-23)32(38)35(2)31-30(29)33(39)37(25-16-10-5-11-17-25)34(40)36(31)24-14-8-4-9-15-24/h3-20H,21H2,1-2H3,(H,41,42,43). The molecule has 1 N–H and O–H groups in total.